The van der Waals surface area contributed by atoms with Gasteiger partial charge in [0.15, 0.2) is 0 Å². The van der Waals surface area contributed by atoms with Gasteiger partial charge in [0.05, 0.1) is 12.5 Å². The summed E-state index contributed by atoms with van der Waals surface area (Å²) < 4.78 is 5.24. The van der Waals surface area contributed by atoms with Crippen molar-refractivity contribution in [3.8, 4) is 5.88 Å². The molecule has 0 saturated heterocycles. The molecule has 4 heteroatoms. The van der Waals surface area contributed by atoms with Crippen LogP contribution < -0.4 is 10.1 Å². The molecule has 4 nitrogen and oxygen atoms in total. The van der Waals surface area contributed by atoms with E-state index < -0.39 is 0 Å². The fraction of sp³-hybridized carbons (Fsp3) is 0.368. The Kier molecular flexibility index (Phi) is 4.60. The maximum Gasteiger partial charge on any atom is 0.226 e. The molecule has 1 aromatic heterocycles. The van der Waals surface area contributed by atoms with Crippen LogP contribution in [0, 0.1) is 5.41 Å². The topological polar surface area (TPSA) is 51.2 Å². The fourth-order valence-corrected chi connectivity index (χ4v) is 3.18. The highest BCUT2D eigenvalue weighted by Gasteiger charge is 2.43. The van der Waals surface area contributed by atoms with Crippen LogP contribution in [0.4, 0.5) is 0 Å². The second-order valence-electron chi connectivity index (χ2n) is 6.15. The SMILES string of the molecule is COc1ncccc1CNC(=O)C1(Cc2ccccc2)CCC1. The van der Waals surface area contributed by atoms with Crippen molar-refractivity contribution in [3.63, 3.8) is 0 Å². The number of rotatable bonds is 6. The zero-order valence-electron chi connectivity index (χ0n) is 13.4. The number of nitrogens with zero attached hydrogens (tertiary/aromatic N) is 1. The lowest BCUT2D eigenvalue weighted by atomic mass is 9.64. The first-order chi connectivity index (χ1) is 11.2. The van der Waals surface area contributed by atoms with Gasteiger partial charge in [-0.3, -0.25) is 4.79 Å². The van der Waals surface area contributed by atoms with E-state index in [4.69, 9.17) is 4.74 Å². The van der Waals surface area contributed by atoms with Crippen molar-refractivity contribution in [1.29, 1.82) is 0 Å². The monoisotopic (exact) mass is 310 g/mol. The van der Waals surface area contributed by atoms with Gasteiger partial charge in [-0.05, 0) is 30.9 Å². The molecule has 0 bridgehead atoms. The third kappa shape index (κ3) is 3.36. The number of carbonyl (C=O) groups is 1. The van der Waals surface area contributed by atoms with Gasteiger partial charge in [-0.15, -0.1) is 0 Å². The summed E-state index contributed by atoms with van der Waals surface area (Å²) >= 11 is 0. The van der Waals surface area contributed by atoms with Gasteiger partial charge in [0.2, 0.25) is 11.8 Å². The Morgan fingerprint density at radius 1 is 1.22 bits per heavy atom. The molecule has 3 rings (SSSR count). The first kappa shape index (κ1) is 15.5. The highest BCUT2D eigenvalue weighted by atomic mass is 16.5. The predicted octanol–water partition coefficient (Wildman–Crippen LogP) is 3.12. The first-order valence-corrected chi connectivity index (χ1v) is 8.04. The van der Waals surface area contributed by atoms with E-state index in [1.54, 1.807) is 13.3 Å². The summed E-state index contributed by atoms with van der Waals surface area (Å²) in [6, 6.07) is 14.0. The lowest BCUT2D eigenvalue weighted by Crippen LogP contribution is -2.46. The zero-order chi connectivity index (χ0) is 16.1. The number of hydrogen-bond donors (Lipinski definition) is 1. The van der Waals surface area contributed by atoms with Crippen LogP contribution in [-0.2, 0) is 17.8 Å². The van der Waals surface area contributed by atoms with E-state index in [1.807, 2.05) is 30.3 Å². The molecule has 120 valence electrons. The summed E-state index contributed by atoms with van der Waals surface area (Å²) in [6.45, 7) is 0.451. The zero-order valence-corrected chi connectivity index (χ0v) is 13.4. The summed E-state index contributed by atoms with van der Waals surface area (Å²) in [5.74, 6) is 0.706. The smallest absolute Gasteiger partial charge is 0.226 e. The van der Waals surface area contributed by atoms with Crippen molar-refractivity contribution in [2.45, 2.75) is 32.2 Å². The number of nitrogens with one attached hydrogen (secondary N) is 1. The molecular formula is C19H22N2O2. The molecule has 1 fully saturated rings. The van der Waals surface area contributed by atoms with E-state index in [0.717, 1.165) is 31.2 Å². The summed E-state index contributed by atoms with van der Waals surface area (Å²) in [6.07, 6.45) is 5.53. The molecule has 1 amide bonds. The van der Waals surface area contributed by atoms with Crippen molar-refractivity contribution in [2.24, 2.45) is 5.41 Å². The van der Waals surface area contributed by atoms with Crippen molar-refractivity contribution >= 4 is 5.91 Å². The summed E-state index contributed by atoms with van der Waals surface area (Å²) in [7, 11) is 1.59. The molecule has 0 aliphatic heterocycles. The van der Waals surface area contributed by atoms with Gasteiger partial charge in [0, 0.05) is 18.3 Å². The number of benzene rings is 1. The molecule has 1 aliphatic rings. The van der Waals surface area contributed by atoms with Crippen LogP contribution in [0.2, 0.25) is 0 Å². The molecule has 1 aromatic carbocycles. The second-order valence-corrected chi connectivity index (χ2v) is 6.15. The van der Waals surface area contributed by atoms with E-state index in [2.05, 4.69) is 22.4 Å². The molecule has 1 N–H and O–H groups in total. The average molecular weight is 310 g/mol. The van der Waals surface area contributed by atoms with Gasteiger partial charge < -0.3 is 10.1 Å². The van der Waals surface area contributed by atoms with Gasteiger partial charge in [0.1, 0.15) is 0 Å². The fourth-order valence-electron chi connectivity index (χ4n) is 3.18. The number of amides is 1. The van der Waals surface area contributed by atoms with Crippen LogP contribution in [0.15, 0.2) is 48.7 Å². The molecule has 0 spiro atoms. The van der Waals surface area contributed by atoms with Crippen LogP contribution >= 0.6 is 0 Å². The lowest BCUT2D eigenvalue weighted by Gasteiger charge is -2.40. The van der Waals surface area contributed by atoms with Crippen LogP contribution in [0.5, 0.6) is 5.88 Å². The van der Waals surface area contributed by atoms with Gasteiger partial charge in [-0.1, -0.05) is 42.8 Å². The molecule has 1 heterocycles. The van der Waals surface area contributed by atoms with Crippen molar-refractivity contribution in [1.82, 2.24) is 10.3 Å². The number of methoxy groups -OCH3 is 1. The maximum absolute atomic E-state index is 12.8. The number of hydrogen-bond acceptors (Lipinski definition) is 3. The molecule has 0 unspecified atom stereocenters. The number of carbonyl (C=O) groups excluding carboxylic acids is 1. The minimum atomic E-state index is -0.253. The maximum atomic E-state index is 12.8. The lowest BCUT2D eigenvalue weighted by molar-refractivity contribution is -0.136. The molecule has 0 radical (unpaired) electrons. The molecule has 23 heavy (non-hydrogen) atoms. The van der Waals surface area contributed by atoms with E-state index in [9.17, 15) is 4.79 Å². The number of aromatic nitrogens is 1. The van der Waals surface area contributed by atoms with Gasteiger partial charge >= 0.3 is 0 Å². The predicted molar refractivity (Wildman–Crippen MR) is 89.1 cm³/mol. The molecule has 1 saturated carbocycles. The number of ether oxygens (including phenoxy) is 1. The number of pyridine rings is 1. The van der Waals surface area contributed by atoms with Crippen molar-refractivity contribution < 1.29 is 9.53 Å². The molecule has 2 aromatic rings. The summed E-state index contributed by atoms with van der Waals surface area (Å²) in [4.78, 5) is 16.9. The van der Waals surface area contributed by atoms with E-state index in [1.165, 1.54) is 5.56 Å². The normalized spacial score (nSPS) is 15.5. The van der Waals surface area contributed by atoms with E-state index >= 15 is 0 Å². The minimum absolute atomic E-state index is 0.138. The molecule has 1 aliphatic carbocycles. The van der Waals surface area contributed by atoms with Crippen LogP contribution in [0.1, 0.15) is 30.4 Å². The first-order valence-electron chi connectivity index (χ1n) is 8.04. The Morgan fingerprint density at radius 3 is 2.65 bits per heavy atom. The standard InChI is InChI=1S/C19H22N2O2/c1-23-17-16(9-5-12-20-17)14-21-18(22)19(10-6-11-19)13-15-7-3-2-4-8-15/h2-5,7-9,12H,6,10-11,13-14H2,1H3,(H,21,22). The highest BCUT2D eigenvalue weighted by Crippen LogP contribution is 2.44. The largest absolute Gasteiger partial charge is 0.481 e. The van der Waals surface area contributed by atoms with Gasteiger partial charge in [-0.25, -0.2) is 4.98 Å². The Bertz CT molecular complexity index is 666. The Labute approximate surface area is 136 Å². The highest BCUT2D eigenvalue weighted by molar-refractivity contribution is 5.83. The van der Waals surface area contributed by atoms with Crippen LogP contribution in [0.3, 0.4) is 0 Å². The second kappa shape index (κ2) is 6.82. The van der Waals surface area contributed by atoms with Crippen LogP contribution in [-0.4, -0.2) is 18.0 Å². The van der Waals surface area contributed by atoms with E-state index in [0.29, 0.717) is 12.4 Å². The van der Waals surface area contributed by atoms with Gasteiger partial charge in [0.25, 0.3) is 0 Å². The quantitative estimate of drug-likeness (QED) is 0.892. The van der Waals surface area contributed by atoms with Crippen LogP contribution in [0.25, 0.3) is 0 Å². The Hall–Kier alpha value is -2.36. The third-order valence-electron chi connectivity index (χ3n) is 4.66. The third-order valence-corrected chi connectivity index (χ3v) is 4.66. The van der Waals surface area contributed by atoms with Gasteiger partial charge in [-0.2, -0.15) is 0 Å². The minimum Gasteiger partial charge on any atom is -0.481 e. The molecular weight excluding hydrogens is 288 g/mol. The molecule has 0 atom stereocenters. The Morgan fingerprint density at radius 2 is 2.00 bits per heavy atom. The summed E-state index contributed by atoms with van der Waals surface area (Å²) in [5, 5.41) is 3.08. The van der Waals surface area contributed by atoms with Crippen molar-refractivity contribution in [2.75, 3.05) is 7.11 Å². The average Bonchev–Trinajstić information content (AvgIpc) is 2.57. The Balaban J connectivity index is 1.66. The van der Waals surface area contributed by atoms with Crippen molar-refractivity contribution in [3.05, 3.63) is 59.8 Å². The van der Waals surface area contributed by atoms with E-state index in [-0.39, 0.29) is 11.3 Å². The summed E-state index contributed by atoms with van der Waals surface area (Å²) in [5.41, 5.74) is 1.87.